The number of aryl methyl sites for hydroxylation is 1. The van der Waals surface area contributed by atoms with Crippen LogP contribution >= 0.6 is 7.60 Å². The van der Waals surface area contributed by atoms with Crippen LogP contribution in [0.4, 0.5) is 0 Å². The average Bonchev–Trinajstić information content (AvgIpc) is 2.74. The van der Waals surface area contributed by atoms with Crippen molar-refractivity contribution in [3.8, 4) is 0 Å². The summed E-state index contributed by atoms with van der Waals surface area (Å²) < 4.78 is 53.5. The molecule has 0 aromatic heterocycles. The summed E-state index contributed by atoms with van der Waals surface area (Å²) in [5.41, 5.74) is 1.80. The van der Waals surface area contributed by atoms with Gasteiger partial charge in [-0.05, 0) is 49.2 Å². The Balaban J connectivity index is 2.04. The van der Waals surface area contributed by atoms with E-state index < -0.39 is 23.4 Å². The highest BCUT2D eigenvalue weighted by molar-refractivity contribution is 7.89. The highest BCUT2D eigenvalue weighted by Gasteiger charge is 2.39. The summed E-state index contributed by atoms with van der Waals surface area (Å²) in [6.07, 6.45) is 0.156. The summed E-state index contributed by atoms with van der Waals surface area (Å²) in [4.78, 5) is 0.0977. The molecule has 3 aromatic rings. The maximum absolute atomic E-state index is 13.6. The lowest BCUT2D eigenvalue weighted by atomic mass is 10.0. The molecule has 0 saturated heterocycles. The van der Waals surface area contributed by atoms with E-state index in [1.807, 2.05) is 49.4 Å². The first-order valence-corrected chi connectivity index (χ1v) is 13.3. The Morgan fingerprint density at radius 2 is 1.52 bits per heavy atom. The second-order valence-electron chi connectivity index (χ2n) is 7.17. The second kappa shape index (κ2) is 10.1. The number of fused-ring (bicyclic) bond motifs is 1. The van der Waals surface area contributed by atoms with E-state index >= 15 is 0 Å². The molecule has 1 atom stereocenters. The van der Waals surface area contributed by atoms with Crippen molar-refractivity contribution in [2.75, 3.05) is 13.2 Å². The molecule has 0 fully saturated rings. The van der Waals surface area contributed by atoms with E-state index in [4.69, 9.17) is 9.05 Å². The van der Waals surface area contributed by atoms with Crippen LogP contribution in [0, 0.1) is 6.92 Å². The molecule has 1 unspecified atom stereocenters. The van der Waals surface area contributed by atoms with Crippen LogP contribution in [0.5, 0.6) is 0 Å². The third-order valence-corrected chi connectivity index (χ3v) is 8.89. The Hall–Kier alpha value is -2.02. The Morgan fingerprint density at radius 3 is 2.16 bits per heavy atom. The van der Waals surface area contributed by atoms with E-state index in [2.05, 4.69) is 4.72 Å². The molecule has 0 amide bonds. The fraction of sp³-hybridized carbons (Fsp3) is 0.304. The van der Waals surface area contributed by atoms with E-state index in [9.17, 15) is 13.0 Å². The van der Waals surface area contributed by atoms with Gasteiger partial charge in [-0.25, -0.2) is 8.42 Å². The molecular weight excluding hydrogens is 433 g/mol. The van der Waals surface area contributed by atoms with Gasteiger partial charge < -0.3 is 9.05 Å². The smallest absolute Gasteiger partial charge is 0.308 e. The predicted molar refractivity (Wildman–Crippen MR) is 124 cm³/mol. The molecule has 3 aromatic carbocycles. The van der Waals surface area contributed by atoms with Gasteiger partial charge in [0.25, 0.3) is 0 Å². The monoisotopic (exact) mass is 461 g/mol. The van der Waals surface area contributed by atoms with Gasteiger partial charge in [0.1, 0.15) is 5.78 Å². The van der Waals surface area contributed by atoms with E-state index in [1.165, 1.54) is 12.1 Å². The van der Waals surface area contributed by atoms with Crippen molar-refractivity contribution >= 4 is 28.4 Å². The molecule has 0 spiro atoms. The average molecular weight is 462 g/mol. The molecule has 0 aliphatic carbocycles. The number of sulfonamides is 1. The summed E-state index contributed by atoms with van der Waals surface area (Å²) in [6.45, 7) is 5.56. The maximum Gasteiger partial charge on any atom is 0.348 e. The van der Waals surface area contributed by atoms with E-state index in [0.29, 0.717) is 0 Å². The topological polar surface area (TPSA) is 81.7 Å². The molecule has 0 saturated carbocycles. The van der Waals surface area contributed by atoms with Gasteiger partial charge in [-0.15, -0.1) is 0 Å². The van der Waals surface area contributed by atoms with Crippen LogP contribution in [0.3, 0.4) is 0 Å². The summed E-state index contributed by atoms with van der Waals surface area (Å²) >= 11 is 0. The lowest BCUT2D eigenvalue weighted by molar-refractivity contribution is 0.210. The zero-order valence-corrected chi connectivity index (χ0v) is 19.7. The summed E-state index contributed by atoms with van der Waals surface area (Å²) in [5, 5.41) is 1.98. The minimum Gasteiger partial charge on any atom is -0.308 e. The van der Waals surface area contributed by atoms with Crippen LogP contribution in [0.25, 0.3) is 10.8 Å². The predicted octanol–water partition coefficient (Wildman–Crippen LogP) is 5.26. The molecule has 8 heteroatoms. The number of hydrogen-bond donors (Lipinski definition) is 1. The molecule has 0 radical (unpaired) electrons. The van der Waals surface area contributed by atoms with Gasteiger partial charge in [0.15, 0.2) is 0 Å². The van der Waals surface area contributed by atoms with Crippen molar-refractivity contribution in [2.45, 2.75) is 37.9 Å². The molecule has 1 N–H and O–H groups in total. The van der Waals surface area contributed by atoms with Crippen molar-refractivity contribution < 1.29 is 22.0 Å². The first kappa shape index (κ1) is 23.6. The third-order valence-electron chi connectivity index (χ3n) is 4.92. The van der Waals surface area contributed by atoms with E-state index in [0.717, 1.165) is 21.9 Å². The largest absolute Gasteiger partial charge is 0.348 e. The zero-order chi connectivity index (χ0) is 22.5. The number of rotatable bonds is 10. The second-order valence-corrected chi connectivity index (χ2v) is 11.1. The highest BCUT2D eigenvalue weighted by Crippen LogP contribution is 2.53. The fourth-order valence-corrected chi connectivity index (χ4v) is 7.02. The quantitative estimate of drug-likeness (QED) is 0.417. The van der Waals surface area contributed by atoms with Crippen LogP contribution in [-0.4, -0.2) is 27.4 Å². The summed E-state index contributed by atoms with van der Waals surface area (Å²) in [6, 6.07) is 20.1. The Morgan fingerprint density at radius 1 is 0.903 bits per heavy atom. The zero-order valence-electron chi connectivity index (χ0n) is 17.9. The van der Waals surface area contributed by atoms with Crippen molar-refractivity contribution in [1.82, 2.24) is 4.72 Å². The van der Waals surface area contributed by atoms with Gasteiger partial charge in [-0.2, -0.15) is 4.72 Å². The molecule has 0 aliphatic rings. The van der Waals surface area contributed by atoms with Crippen LogP contribution in [0.1, 0.15) is 25.0 Å². The number of benzene rings is 3. The Bertz CT molecular complexity index is 1160. The van der Waals surface area contributed by atoms with Crippen molar-refractivity contribution in [3.05, 3.63) is 77.9 Å². The molecular formula is C23H28NO5PS. The minimum absolute atomic E-state index is 0.0977. The highest BCUT2D eigenvalue weighted by atomic mass is 32.2. The van der Waals surface area contributed by atoms with Crippen LogP contribution in [-0.2, 0) is 30.1 Å². The lowest BCUT2D eigenvalue weighted by Gasteiger charge is -2.27. The molecule has 0 heterocycles. The SMILES string of the molecule is CCOP(=O)(OCC)C(Cc1cccc2ccccc12)NS(=O)(=O)c1ccc(C)cc1. The van der Waals surface area contributed by atoms with Crippen molar-refractivity contribution in [2.24, 2.45) is 0 Å². The number of nitrogens with one attached hydrogen (secondary N) is 1. The van der Waals surface area contributed by atoms with E-state index in [1.54, 1.807) is 26.0 Å². The molecule has 0 bridgehead atoms. The fourth-order valence-electron chi connectivity index (χ4n) is 3.44. The standard InChI is InChI=1S/C23H28NO5PS/c1-4-28-30(25,29-5-2)23(24-31(26,27)21-15-13-18(3)14-16-21)17-20-11-8-10-19-9-6-7-12-22(19)20/h6-16,23-24H,4-5,17H2,1-3H3. The van der Waals surface area contributed by atoms with Gasteiger partial charge in [0.2, 0.25) is 10.0 Å². The molecule has 6 nitrogen and oxygen atoms in total. The summed E-state index contributed by atoms with van der Waals surface area (Å²) in [5.74, 6) is -1.08. The Kier molecular flexibility index (Phi) is 7.68. The van der Waals surface area contributed by atoms with Gasteiger partial charge in [-0.1, -0.05) is 60.2 Å². The van der Waals surface area contributed by atoms with Gasteiger partial charge >= 0.3 is 7.60 Å². The lowest BCUT2D eigenvalue weighted by Crippen LogP contribution is -2.37. The first-order chi connectivity index (χ1) is 14.8. The van der Waals surface area contributed by atoms with Crippen LogP contribution in [0.15, 0.2) is 71.6 Å². The minimum atomic E-state index is -3.95. The molecule has 0 aliphatic heterocycles. The molecule has 166 valence electrons. The third kappa shape index (κ3) is 5.62. The van der Waals surface area contributed by atoms with Gasteiger partial charge in [0.05, 0.1) is 18.1 Å². The van der Waals surface area contributed by atoms with Crippen LogP contribution < -0.4 is 4.72 Å². The van der Waals surface area contributed by atoms with Crippen molar-refractivity contribution in [1.29, 1.82) is 0 Å². The van der Waals surface area contributed by atoms with Crippen molar-refractivity contribution in [3.63, 3.8) is 0 Å². The van der Waals surface area contributed by atoms with Crippen LogP contribution in [0.2, 0.25) is 0 Å². The van der Waals surface area contributed by atoms with Gasteiger partial charge in [-0.3, -0.25) is 4.57 Å². The van der Waals surface area contributed by atoms with Gasteiger partial charge in [0, 0.05) is 6.42 Å². The molecule has 31 heavy (non-hydrogen) atoms. The maximum atomic E-state index is 13.6. The normalized spacial score (nSPS) is 13.4. The molecule has 3 rings (SSSR count). The summed E-state index contributed by atoms with van der Waals surface area (Å²) in [7, 11) is -7.74. The first-order valence-electron chi connectivity index (χ1n) is 10.2. The Labute approximate surface area is 184 Å². The van der Waals surface area contributed by atoms with E-state index in [-0.39, 0.29) is 24.5 Å². The number of hydrogen-bond acceptors (Lipinski definition) is 5.